The summed E-state index contributed by atoms with van der Waals surface area (Å²) in [4.78, 5) is 4.52. The van der Waals surface area contributed by atoms with Crippen LogP contribution in [0, 0.1) is 5.92 Å². The zero-order valence-electron chi connectivity index (χ0n) is 11.2. The van der Waals surface area contributed by atoms with Crippen molar-refractivity contribution in [2.24, 2.45) is 5.92 Å². The van der Waals surface area contributed by atoms with E-state index in [1.165, 1.54) is 43.5 Å². The van der Waals surface area contributed by atoms with Crippen molar-refractivity contribution in [2.75, 3.05) is 20.3 Å². The van der Waals surface area contributed by atoms with Gasteiger partial charge in [-0.2, -0.15) is 0 Å². The van der Waals surface area contributed by atoms with E-state index in [-0.39, 0.29) is 0 Å². The van der Waals surface area contributed by atoms with Gasteiger partial charge in [-0.05, 0) is 18.8 Å². The van der Waals surface area contributed by atoms with Crippen LogP contribution in [0.1, 0.15) is 49.6 Å². The molecule has 1 aromatic heterocycles. The average molecular weight is 268 g/mol. The molecule has 1 aliphatic rings. The topological polar surface area (TPSA) is 34.1 Å². The Morgan fingerprint density at radius 3 is 2.78 bits per heavy atom. The fourth-order valence-electron chi connectivity index (χ4n) is 2.80. The molecule has 2 rings (SSSR count). The van der Waals surface area contributed by atoms with Crippen LogP contribution >= 0.6 is 11.3 Å². The maximum atomic E-state index is 5.14. The largest absolute Gasteiger partial charge is 0.383 e. The minimum Gasteiger partial charge on any atom is -0.383 e. The third-order valence-electron chi connectivity index (χ3n) is 3.76. The van der Waals surface area contributed by atoms with Crippen LogP contribution in [0.3, 0.4) is 0 Å². The van der Waals surface area contributed by atoms with E-state index in [2.05, 4.69) is 15.7 Å². The molecule has 0 bridgehead atoms. The molecule has 0 spiro atoms. The van der Waals surface area contributed by atoms with E-state index in [1.54, 1.807) is 18.4 Å². The van der Waals surface area contributed by atoms with E-state index in [1.807, 2.05) is 6.20 Å². The van der Waals surface area contributed by atoms with Gasteiger partial charge in [0, 0.05) is 25.2 Å². The summed E-state index contributed by atoms with van der Waals surface area (Å²) in [6, 6.07) is 0.429. The highest BCUT2D eigenvalue weighted by molar-refractivity contribution is 7.09. The zero-order chi connectivity index (χ0) is 12.6. The smallest absolute Gasteiger partial charge is 0.110 e. The van der Waals surface area contributed by atoms with Crippen LogP contribution in [0.2, 0.25) is 0 Å². The summed E-state index contributed by atoms with van der Waals surface area (Å²) in [5.74, 6) is 0.746. The molecule has 0 radical (unpaired) electrons. The number of nitrogens with zero attached hydrogens (tertiary/aromatic N) is 1. The SMILES string of the molecule is COCCNC(c1nccs1)C1CCCCCC1. The molecule has 1 saturated carbocycles. The molecule has 1 unspecified atom stereocenters. The maximum absolute atomic E-state index is 5.14. The summed E-state index contributed by atoms with van der Waals surface area (Å²) in [5, 5.41) is 6.97. The van der Waals surface area contributed by atoms with E-state index >= 15 is 0 Å². The van der Waals surface area contributed by atoms with Crippen molar-refractivity contribution in [1.82, 2.24) is 10.3 Å². The molecule has 1 N–H and O–H groups in total. The van der Waals surface area contributed by atoms with Gasteiger partial charge in [0.1, 0.15) is 5.01 Å². The first-order chi connectivity index (χ1) is 8.92. The summed E-state index contributed by atoms with van der Waals surface area (Å²) in [6.07, 6.45) is 10.1. The highest BCUT2D eigenvalue weighted by atomic mass is 32.1. The fraction of sp³-hybridized carbons (Fsp3) is 0.786. The van der Waals surface area contributed by atoms with Crippen LogP contribution in [-0.2, 0) is 4.74 Å². The van der Waals surface area contributed by atoms with Crippen molar-refractivity contribution in [3.63, 3.8) is 0 Å². The number of hydrogen-bond acceptors (Lipinski definition) is 4. The van der Waals surface area contributed by atoms with Gasteiger partial charge in [0.2, 0.25) is 0 Å². The lowest BCUT2D eigenvalue weighted by Gasteiger charge is -2.25. The second-order valence-corrected chi connectivity index (χ2v) is 5.97. The van der Waals surface area contributed by atoms with Crippen molar-refractivity contribution in [2.45, 2.75) is 44.6 Å². The van der Waals surface area contributed by atoms with Crippen LogP contribution in [0.25, 0.3) is 0 Å². The number of thiazole rings is 1. The van der Waals surface area contributed by atoms with E-state index < -0.39 is 0 Å². The van der Waals surface area contributed by atoms with Crippen molar-refractivity contribution < 1.29 is 4.74 Å². The summed E-state index contributed by atoms with van der Waals surface area (Å²) in [7, 11) is 1.76. The highest BCUT2D eigenvalue weighted by Gasteiger charge is 2.25. The molecule has 0 amide bonds. The summed E-state index contributed by atoms with van der Waals surface area (Å²) in [5.41, 5.74) is 0. The van der Waals surface area contributed by atoms with Crippen molar-refractivity contribution in [3.8, 4) is 0 Å². The number of methoxy groups -OCH3 is 1. The van der Waals surface area contributed by atoms with Crippen molar-refractivity contribution >= 4 is 11.3 Å². The van der Waals surface area contributed by atoms with Gasteiger partial charge >= 0.3 is 0 Å². The van der Waals surface area contributed by atoms with Gasteiger partial charge in [0.25, 0.3) is 0 Å². The molecule has 1 fully saturated rings. The Labute approximate surface area is 114 Å². The van der Waals surface area contributed by atoms with Gasteiger partial charge in [0.05, 0.1) is 12.6 Å². The van der Waals surface area contributed by atoms with Gasteiger partial charge in [0.15, 0.2) is 0 Å². The van der Waals surface area contributed by atoms with Crippen molar-refractivity contribution in [3.05, 3.63) is 16.6 Å². The molecule has 3 nitrogen and oxygen atoms in total. The predicted octanol–water partition coefficient (Wildman–Crippen LogP) is 3.39. The number of nitrogens with one attached hydrogen (secondary N) is 1. The lowest BCUT2D eigenvalue weighted by Crippen LogP contribution is -2.30. The molecule has 1 heterocycles. The van der Waals surface area contributed by atoms with E-state index in [0.29, 0.717) is 6.04 Å². The number of ether oxygens (including phenoxy) is 1. The average Bonchev–Trinajstić information content (AvgIpc) is 2.78. The van der Waals surface area contributed by atoms with Crippen LogP contribution in [0.4, 0.5) is 0 Å². The molecule has 0 aliphatic heterocycles. The van der Waals surface area contributed by atoms with E-state index in [4.69, 9.17) is 4.74 Å². The van der Waals surface area contributed by atoms with Gasteiger partial charge in [-0.15, -0.1) is 11.3 Å². The Bertz CT molecular complexity index is 308. The Hall–Kier alpha value is -0.450. The molecule has 1 aromatic rings. The van der Waals surface area contributed by atoms with Crippen LogP contribution in [0.15, 0.2) is 11.6 Å². The Morgan fingerprint density at radius 1 is 1.39 bits per heavy atom. The van der Waals surface area contributed by atoms with Gasteiger partial charge in [-0.25, -0.2) is 4.98 Å². The number of hydrogen-bond donors (Lipinski definition) is 1. The normalized spacial score (nSPS) is 19.6. The molecular weight excluding hydrogens is 244 g/mol. The minimum atomic E-state index is 0.429. The number of aromatic nitrogens is 1. The predicted molar refractivity (Wildman–Crippen MR) is 75.9 cm³/mol. The summed E-state index contributed by atoms with van der Waals surface area (Å²) >= 11 is 1.78. The molecule has 1 aliphatic carbocycles. The first-order valence-electron chi connectivity index (χ1n) is 7.03. The Balaban J connectivity index is 1.98. The molecule has 4 heteroatoms. The maximum Gasteiger partial charge on any atom is 0.110 e. The summed E-state index contributed by atoms with van der Waals surface area (Å²) < 4.78 is 5.14. The third-order valence-corrected chi connectivity index (χ3v) is 4.62. The lowest BCUT2D eigenvalue weighted by molar-refractivity contribution is 0.188. The molecule has 1 atom stereocenters. The minimum absolute atomic E-state index is 0.429. The third kappa shape index (κ3) is 4.04. The fourth-order valence-corrected chi connectivity index (χ4v) is 3.61. The quantitative estimate of drug-likeness (QED) is 0.634. The molecule has 0 aromatic carbocycles. The number of rotatable bonds is 6. The summed E-state index contributed by atoms with van der Waals surface area (Å²) in [6.45, 7) is 1.69. The van der Waals surface area contributed by atoms with Gasteiger partial charge < -0.3 is 10.1 Å². The van der Waals surface area contributed by atoms with E-state index in [9.17, 15) is 0 Å². The first kappa shape index (κ1) is 14.0. The zero-order valence-corrected chi connectivity index (χ0v) is 12.0. The second-order valence-electron chi connectivity index (χ2n) is 5.05. The molecule has 0 saturated heterocycles. The van der Waals surface area contributed by atoms with Crippen molar-refractivity contribution in [1.29, 1.82) is 0 Å². The Morgan fingerprint density at radius 2 is 2.17 bits per heavy atom. The van der Waals surface area contributed by atoms with E-state index in [0.717, 1.165) is 19.1 Å². The molecular formula is C14H24N2OS. The van der Waals surface area contributed by atoms with Gasteiger partial charge in [-0.3, -0.25) is 0 Å². The molecule has 102 valence electrons. The van der Waals surface area contributed by atoms with Crippen LogP contribution in [0.5, 0.6) is 0 Å². The van der Waals surface area contributed by atoms with Crippen LogP contribution < -0.4 is 5.32 Å². The lowest BCUT2D eigenvalue weighted by atomic mass is 9.92. The first-order valence-corrected chi connectivity index (χ1v) is 7.91. The molecule has 18 heavy (non-hydrogen) atoms. The highest BCUT2D eigenvalue weighted by Crippen LogP contribution is 2.34. The Kier molecular flexibility index (Phi) is 6.11. The monoisotopic (exact) mass is 268 g/mol. The standard InChI is InChI=1S/C14H24N2OS/c1-17-10-8-15-13(14-16-9-11-18-14)12-6-4-2-3-5-7-12/h9,11-13,15H,2-8,10H2,1H3. The second kappa shape index (κ2) is 7.87. The van der Waals surface area contributed by atoms with Crippen LogP contribution in [-0.4, -0.2) is 25.2 Å². The van der Waals surface area contributed by atoms with Gasteiger partial charge in [-0.1, -0.05) is 25.7 Å².